The quantitative estimate of drug-likeness (QED) is 0.726. The van der Waals surface area contributed by atoms with Gasteiger partial charge in [0.2, 0.25) is 5.43 Å². The summed E-state index contributed by atoms with van der Waals surface area (Å²) in [4.78, 5) is 25.7. The molecule has 0 aliphatic rings. The van der Waals surface area contributed by atoms with Gasteiger partial charge in [-0.15, -0.1) is 0 Å². The van der Waals surface area contributed by atoms with Crippen molar-refractivity contribution in [1.82, 2.24) is 8.97 Å². The van der Waals surface area contributed by atoms with E-state index in [1.165, 1.54) is 43.1 Å². The van der Waals surface area contributed by atoms with E-state index in [-0.39, 0.29) is 35.2 Å². The van der Waals surface area contributed by atoms with Crippen LogP contribution in [0.4, 0.5) is 8.78 Å². The first kappa shape index (κ1) is 19.8. The molecule has 1 aromatic carbocycles. The van der Waals surface area contributed by atoms with Gasteiger partial charge in [0.05, 0.1) is 7.11 Å². The van der Waals surface area contributed by atoms with E-state index < -0.39 is 28.3 Å². The number of aromatic nitrogens is 2. The third-order valence-corrected chi connectivity index (χ3v) is 4.85. The molecule has 28 heavy (non-hydrogen) atoms. The number of rotatable bonds is 5. The second kappa shape index (κ2) is 7.20. The molecule has 148 valence electrons. The molecule has 6 nitrogen and oxygen atoms in total. The molecule has 1 atom stereocenters. The molecular weight excluding hydrogens is 370 g/mol. The molecule has 0 saturated heterocycles. The van der Waals surface area contributed by atoms with Gasteiger partial charge in [-0.3, -0.25) is 14.2 Å². The number of fused-ring (bicyclic) bond motifs is 1. The molecule has 2 aromatic heterocycles. The van der Waals surface area contributed by atoms with Crippen molar-refractivity contribution in [2.75, 3.05) is 7.11 Å². The third kappa shape index (κ3) is 3.31. The van der Waals surface area contributed by atoms with E-state index >= 15 is 0 Å². The minimum atomic E-state index is -1.43. The Morgan fingerprint density at radius 2 is 1.89 bits per heavy atom. The summed E-state index contributed by atoms with van der Waals surface area (Å²) in [5.74, 6) is -1.68. The van der Waals surface area contributed by atoms with Crippen LogP contribution in [0.3, 0.4) is 0 Å². The highest BCUT2D eigenvalue weighted by molar-refractivity contribution is 5.59. The summed E-state index contributed by atoms with van der Waals surface area (Å²) in [6, 6.07) is 3.12. The lowest BCUT2D eigenvalue weighted by atomic mass is 10.0. The van der Waals surface area contributed by atoms with Crippen LogP contribution in [0.2, 0.25) is 0 Å². The number of halogens is 2. The van der Waals surface area contributed by atoms with Crippen LogP contribution >= 0.6 is 0 Å². The Morgan fingerprint density at radius 1 is 1.18 bits per heavy atom. The van der Waals surface area contributed by atoms with E-state index in [9.17, 15) is 23.5 Å². The summed E-state index contributed by atoms with van der Waals surface area (Å²) in [5.41, 5.74) is -2.32. The first-order chi connectivity index (χ1) is 13.2. The van der Waals surface area contributed by atoms with Crippen LogP contribution in [0.5, 0.6) is 5.75 Å². The molecule has 0 saturated carbocycles. The van der Waals surface area contributed by atoms with Crippen molar-refractivity contribution in [3.8, 4) is 5.75 Å². The minimum absolute atomic E-state index is 0.0351. The van der Waals surface area contributed by atoms with E-state index in [1.807, 2.05) is 0 Å². The van der Waals surface area contributed by atoms with Crippen LogP contribution in [-0.2, 0) is 12.1 Å². The van der Waals surface area contributed by atoms with Crippen LogP contribution < -0.4 is 15.7 Å². The lowest BCUT2D eigenvalue weighted by Crippen LogP contribution is -2.39. The lowest BCUT2D eigenvalue weighted by Gasteiger charge is -2.25. The summed E-state index contributed by atoms with van der Waals surface area (Å²) in [6.45, 7) is 3.21. The Hall–Kier alpha value is -3.00. The van der Waals surface area contributed by atoms with Gasteiger partial charge in [-0.05, 0) is 25.0 Å². The molecule has 0 spiro atoms. The fourth-order valence-corrected chi connectivity index (χ4v) is 3.04. The molecule has 3 rings (SSSR count). The summed E-state index contributed by atoms with van der Waals surface area (Å²) in [6.07, 6.45) is 4.51. The van der Waals surface area contributed by atoms with Gasteiger partial charge < -0.3 is 14.2 Å². The second-order valence-corrected chi connectivity index (χ2v) is 6.73. The predicted octanol–water partition coefficient (Wildman–Crippen LogP) is 2.41. The monoisotopic (exact) mass is 390 g/mol. The zero-order valence-electron chi connectivity index (χ0n) is 15.7. The first-order valence-electron chi connectivity index (χ1n) is 8.70. The molecule has 2 heterocycles. The number of aliphatic hydroxyl groups is 1. The summed E-state index contributed by atoms with van der Waals surface area (Å²) < 4.78 is 34.8. The maximum absolute atomic E-state index is 14.0. The predicted molar refractivity (Wildman–Crippen MR) is 99.8 cm³/mol. The highest BCUT2D eigenvalue weighted by Crippen LogP contribution is 2.19. The van der Waals surface area contributed by atoms with Gasteiger partial charge in [-0.25, -0.2) is 8.78 Å². The topological polar surface area (TPSA) is 72.9 Å². The van der Waals surface area contributed by atoms with Crippen molar-refractivity contribution in [2.24, 2.45) is 0 Å². The lowest BCUT2D eigenvalue weighted by molar-refractivity contribution is -0.0252. The van der Waals surface area contributed by atoms with Crippen LogP contribution in [0.15, 0.2) is 46.4 Å². The normalized spacial score (nSPS) is 13.5. The summed E-state index contributed by atoms with van der Waals surface area (Å²) in [5, 5.41) is 10.4. The average molecular weight is 390 g/mol. The molecule has 0 aliphatic carbocycles. The zero-order valence-corrected chi connectivity index (χ0v) is 15.7. The smallest absolute Gasteiger partial charge is 0.281 e. The fraction of sp³-hybridized carbons (Fsp3) is 0.300. The van der Waals surface area contributed by atoms with Crippen LogP contribution in [0, 0.1) is 11.6 Å². The molecular formula is C20H20F2N2O4. The number of hydrogen-bond acceptors (Lipinski definition) is 4. The van der Waals surface area contributed by atoms with Crippen LogP contribution in [0.25, 0.3) is 5.52 Å². The molecule has 0 fully saturated rings. The number of nitrogens with zero attached hydrogens (tertiary/aromatic N) is 2. The highest BCUT2D eigenvalue weighted by Gasteiger charge is 2.24. The van der Waals surface area contributed by atoms with E-state index in [2.05, 4.69) is 0 Å². The minimum Gasteiger partial charge on any atom is -0.491 e. The van der Waals surface area contributed by atoms with E-state index in [4.69, 9.17) is 4.74 Å². The molecule has 0 radical (unpaired) electrons. The van der Waals surface area contributed by atoms with Gasteiger partial charge in [0.25, 0.3) is 5.56 Å². The Kier molecular flexibility index (Phi) is 5.08. The van der Waals surface area contributed by atoms with Gasteiger partial charge in [-0.1, -0.05) is 13.0 Å². The van der Waals surface area contributed by atoms with E-state index in [1.54, 1.807) is 6.92 Å². The van der Waals surface area contributed by atoms with Crippen molar-refractivity contribution in [3.63, 3.8) is 0 Å². The third-order valence-electron chi connectivity index (χ3n) is 4.85. The van der Waals surface area contributed by atoms with Crippen LogP contribution in [0.1, 0.15) is 31.4 Å². The van der Waals surface area contributed by atoms with Gasteiger partial charge in [-0.2, -0.15) is 0 Å². The van der Waals surface area contributed by atoms with Crippen molar-refractivity contribution < 1.29 is 18.6 Å². The maximum Gasteiger partial charge on any atom is 0.281 e. The number of hydrogen-bond donors (Lipinski definition) is 1. The number of pyridine rings is 1. The molecule has 0 amide bonds. The number of ether oxygens (including phenoxy) is 1. The van der Waals surface area contributed by atoms with Crippen molar-refractivity contribution in [2.45, 2.75) is 32.4 Å². The zero-order chi connectivity index (χ0) is 20.6. The molecule has 3 aromatic rings. The second-order valence-electron chi connectivity index (χ2n) is 6.73. The van der Waals surface area contributed by atoms with Crippen molar-refractivity contribution in [3.05, 3.63) is 80.1 Å². The number of benzene rings is 1. The number of methoxy groups -OCH3 is 1. The van der Waals surface area contributed by atoms with Gasteiger partial charge in [0.15, 0.2) is 11.3 Å². The first-order valence-corrected chi connectivity index (χ1v) is 8.70. The van der Waals surface area contributed by atoms with E-state index in [0.29, 0.717) is 0 Å². The SMILES string of the molecule is CC[C@@](C)(O)n1ccn2cc(Cc3ccc(F)cc3F)c(=O)c(OC)c2c1=O. The Morgan fingerprint density at radius 3 is 2.50 bits per heavy atom. The van der Waals surface area contributed by atoms with Crippen LogP contribution in [-0.4, -0.2) is 21.2 Å². The largest absolute Gasteiger partial charge is 0.491 e. The molecule has 8 heteroatoms. The van der Waals surface area contributed by atoms with E-state index in [0.717, 1.165) is 16.7 Å². The van der Waals surface area contributed by atoms with Crippen molar-refractivity contribution >= 4 is 5.52 Å². The van der Waals surface area contributed by atoms with Gasteiger partial charge >= 0.3 is 0 Å². The Balaban J connectivity index is 2.23. The molecule has 0 unspecified atom stereocenters. The average Bonchev–Trinajstić information content (AvgIpc) is 2.65. The maximum atomic E-state index is 14.0. The van der Waals surface area contributed by atoms with Gasteiger partial charge in [0.1, 0.15) is 17.4 Å². The summed E-state index contributed by atoms with van der Waals surface area (Å²) >= 11 is 0. The molecule has 1 N–H and O–H groups in total. The Labute approximate surface area is 159 Å². The molecule has 0 aliphatic heterocycles. The van der Waals surface area contributed by atoms with Crippen molar-refractivity contribution in [1.29, 1.82) is 0 Å². The van der Waals surface area contributed by atoms with Gasteiger partial charge in [0, 0.05) is 36.6 Å². The standard InChI is InChI=1S/C20H20F2N2O4/c1-4-20(2,27)24-8-7-23-11-13(9-12-5-6-14(21)10-15(12)22)17(25)18(28-3)16(23)19(24)26/h5-8,10-11,27H,4,9H2,1-3H3/t20-/m1/s1. The highest BCUT2D eigenvalue weighted by atomic mass is 19.1. The summed E-state index contributed by atoms with van der Waals surface area (Å²) in [7, 11) is 1.26. The Bertz CT molecular complexity index is 1170. The molecule has 0 bridgehead atoms. The fourth-order valence-electron chi connectivity index (χ4n) is 3.04.